The van der Waals surface area contributed by atoms with E-state index in [4.69, 9.17) is 10.1 Å². The van der Waals surface area contributed by atoms with E-state index in [1.165, 1.54) is 12.1 Å². The van der Waals surface area contributed by atoms with Crippen molar-refractivity contribution >= 4 is 11.5 Å². The van der Waals surface area contributed by atoms with Crippen LogP contribution in [0.5, 0.6) is 0 Å². The van der Waals surface area contributed by atoms with Gasteiger partial charge in [-0.1, -0.05) is 0 Å². The molecule has 5 rings (SSSR count). The summed E-state index contributed by atoms with van der Waals surface area (Å²) in [7, 11) is 0. The molecule has 0 amide bonds. The second-order valence-electron chi connectivity index (χ2n) is 6.75. The van der Waals surface area contributed by atoms with Gasteiger partial charge < -0.3 is 10.2 Å². The Morgan fingerprint density at radius 1 is 0.857 bits per heavy atom. The van der Waals surface area contributed by atoms with E-state index in [1.807, 2.05) is 28.8 Å². The Hall–Kier alpha value is -3.32. The highest BCUT2D eigenvalue weighted by molar-refractivity contribution is 5.81. The number of anilines is 1. The molecule has 4 aromatic rings. The first-order valence-corrected chi connectivity index (χ1v) is 9.31. The largest absolute Gasteiger partial charge is 0.353 e. The Bertz CT molecular complexity index is 1100. The van der Waals surface area contributed by atoms with Crippen LogP contribution in [0, 0.1) is 5.82 Å². The van der Waals surface area contributed by atoms with Crippen LogP contribution in [0.1, 0.15) is 0 Å². The van der Waals surface area contributed by atoms with Gasteiger partial charge in [0.25, 0.3) is 0 Å². The van der Waals surface area contributed by atoms with Gasteiger partial charge in [-0.05, 0) is 48.5 Å². The van der Waals surface area contributed by atoms with E-state index in [0.29, 0.717) is 0 Å². The molecule has 28 heavy (non-hydrogen) atoms. The standard InChI is InChI=1S/C21H19FN6/c22-17-3-1-15(2-4-17)20-21(16-7-9-23-10-8-16)28-18(25-20)5-6-19(26-28)27-13-11-24-12-14-27/h1-10,24H,11-14H2. The fraction of sp³-hybridized carbons (Fsp3) is 0.190. The lowest BCUT2D eigenvalue weighted by Crippen LogP contribution is -2.44. The molecule has 4 heterocycles. The fourth-order valence-corrected chi connectivity index (χ4v) is 3.56. The highest BCUT2D eigenvalue weighted by Gasteiger charge is 2.19. The van der Waals surface area contributed by atoms with Crippen LogP contribution in [-0.4, -0.2) is 45.8 Å². The third kappa shape index (κ3) is 2.99. The first-order chi connectivity index (χ1) is 13.8. The van der Waals surface area contributed by atoms with Crippen LogP contribution in [0.15, 0.2) is 60.9 Å². The predicted molar refractivity (Wildman–Crippen MR) is 107 cm³/mol. The van der Waals surface area contributed by atoms with Crippen LogP contribution in [0.2, 0.25) is 0 Å². The molecule has 3 aromatic heterocycles. The van der Waals surface area contributed by atoms with Crippen LogP contribution in [0.3, 0.4) is 0 Å². The third-order valence-corrected chi connectivity index (χ3v) is 4.98. The van der Waals surface area contributed by atoms with Crippen LogP contribution in [0.4, 0.5) is 10.2 Å². The number of hydrogen-bond donors (Lipinski definition) is 1. The SMILES string of the molecule is Fc1ccc(-c2nc3ccc(N4CCNCC4)nn3c2-c2ccncc2)cc1. The number of halogens is 1. The van der Waals surface area contributed by atoms with Crippen molar-refractivity contribution in [1.82, 2.24) is 24.9 Å². The Balaban J connectivity index is 1.71. The number of benzene rings is 1. The molecule has 0 aliphatic carbocycles. The van der Waals surface area contributed by atoms with Crippen molar-refractivity contribution in [1.29, 1.82) is 0 Å². The highest BCUT2D eigenvalue weighted by Crippen LogP contribution is 2.32. The van der Waals surface area contributed by atoms with Gasteiger partial charge >= 0.3 is 0 Å². The molecule has 0 saturated carbocycles. The number of aromatic nitrogens is 4. The van der Waals surface area contributed by atoms with Gasteiger partial charge in [0.1, 0.15) is 17.3 Å². The Morgan fingerprint density at radius 2 is 1.61 bits per heavy atom. The van der Waals surface area contributed by atoms with E-state index in [0.717, 1.165) is 60.2 Å². The van der Waals surface area contributed by atoms with Gasteiger partial charge in [-0.3, -0.25) is 4.98 Å². The number of imidazole rings is 1. The Kier molecular flexibility index (Phi) is 4.21. The Morgan fingerprint density at radius 3 is 2.36 bits per heavy atom. The zero-order valence-electron chi connectivity index (χ0n) is 15.2. The average molecular weight is 374 g/mol. The molecule has 1 fully saturated rings. The summed E-state index contributed by atoms with van der Waals surface area (Å²) in [5.74, 6) is 0.657. The lowest BCUT2D eigenvalue weighted by molar-refractivity contribution is 0.582. The van der Waals surface area contributed by atoms with Crippen molar-refractivity contribution < 1.29 is 4.39 Å². The van der Waals surface area contributed by atoms with Gasteiger partial charge in [0.2, 0.25) is 0 Å². The quantitative estimate of drug-likeness (QED) is 0.597. The third-order valence-electron chi connectivity index (χ3n) is 4.98. The molecule has 1 saturated heterocycles. The van der Waals surface area contributed by atoms with E-state index in [9.17, 15) is 4.39 Å². The van der Waals surface area contributed by atoms with Gasteiger partial charge in [-0.25, -0.2) is 13.9 Å². The molecule has 0 bridgehead atoms. The minimum Gasteiger partial charge on any atom is -0.353 e. The van der Waals surface area contributed by atoms with Gasteiger partial charge in [0.05, 0.1) is 5.69 Å². The van der Waals surface area contributed by atoms with Crippen molar-refractivity contribution in [3.63, 3.8) is 0 Å². The monoisotopic (exact) mass is 374 g/mol. The number of rotatable bonds is 3. The first-order valence-electron chi connectivity index (χ1n) is 9.31. The summed E-state index contributed by atoms with van der Waals surface area (Å²) < 4.78 is 15.3. The summed E-state index contributed by atoms with van der Waals surface area (Å²) in [6.07, 6.45) is 3.51. The summed E-state index contributed by atoms with van der Waals surface area (Å²) >= 11 is 0. The van der Waals surface area contributed by atoms with E-state index < -0.39 is 0 Å². The molecule has 1 aliphatic rings. The minimum absolute atomic E-state index is 0.267. The first kappa shape index (κ1) is 16.8. The minimum atomic E-state index is -0.267. The zero-order chi connectivity index (χ0) is 18.9. The number of fused-ring (bicyclic) bond motifs is 1. The smallest absolute Gasteiger partial charge is 0.155 e. The maximum absolute atomic E-state index is 13.4. The molecule has 7 heteroatoms. The number of nitrogens with one attached hydrogen (secondary N) is 1. The topological polar surface area (TPSA) is 58.4 Å². The van der Waals surface area contributed by atoms with E-state index in [1.54, 1.807) is 24.5 Å². The molecule has 1 aromatic carbocycles. The summed E-state index contributed by atoms with van der Waals surface area (Å²) in [4.78, 5) is 11.2. The van der Waals surface area contributed by atoms with Crippen molar-refractivity contribution in [2.45, 2.75) is 0 Å². The van der Waals surface area contributed by atoms with Crippen molar-refractivity contribution in [2.75, 3.05) is 31.1 Å². The second-order valence-corrected chi connectivity index (χ2v) is 6.75. The second kappa shape index (κ2) is 7.01. The van der Waals surface area contributed by atoms with E-state index >= 15 is 0 Å². The number of pyridine rings is 1. The zero-order valence-corrected chi connectivity index (χ0v) is 15.2. The van der Waals surface area contributed by atoms with Crippen LogP contribution >= 0.6 is 0 Å². The Labute approximate surface area is 161 Å². The van der Waals surface area contributed by atoms with Crippen molar-refractivity contribution in [2.24, 2.45) is 0 Å². The summed E-state index contributed by atoms with van der Waals surface area (Å²) in [5, 5.41) is 8.26. The molecule has 0 unspecified atom stereocenters. The molecular weight excluding hydrogens is 355 g/mol. The summed E-state index contributed by atoms with van der Waals surface area (Å²) in [6, 6.07) is 14.3. The maximum atomic E-state index is 13.4. The van der Waals surface area contributed by atoms with E-state index in [-0.39, 0.29) is 5.82 Å². The van der Waals surface area contributed by atoms with E-state index in [2.05, 4.69) is 15.2 Å². The molecule has 1 N–H and O–H groups in total. The average Bonchev–Trinajstić information content (AvgIpc) is 3.14. The molecule has 0 spiro atoms. The lowest BCUT2D eigenvalue weighted by atomic mass is 10.1. The molecule has 0 atom stereocenters. The normalized spacial score (nSPS) is 14.5. The van der Waals surface area contributed by atoms with Gasteiger partial charge in [-0.15, -0.1) is 5.10 Å². The highest BCUT2D eigenvalue weighted by atomic mass is 19.1. The van der Waals surface area contributed by atoms with Crippen LogP contribution in [0.25, 0.3) is 28.2 Å². The maximum Gasteiger partial charge on any atom is 0.155 e. The molecule has 0 radical (unpaired) electrons. The number of hydrogen-bond acceptors (Lipinski definition) is 5. The number of nitrogens with zero attached hydrogens (tertiary/aromatic N) is 5. The van der Waals surface area contributed by atoms with Crippen molar-refractivity contribution in [3.8, 4) is 22.5 Å². The number of piperazine rings is 1. The van der Waals surface area contributed by atoms with Gasteiger partial charge in [-0.2, -0.15) is 0 Å². The van der Waals surface area contributed by atoms with Crippen molar-refractivity contribution in [3.05, 3.63) is 66.7 Å². The summed E-state index contributed by atoms with van der Waals surface area (Å²) in [5.41, 5.74) is 4.22. The molecule has 140 valence electrons. The van der Waals surface area contributed by atoms with Crippen LogP contribution in [-0.2, 0) is 0 Å². The molecule has 1 aliphatic heterocycles. The summed E-state index contributed by atoms with van der Waals surface area (Å²) in [6.45, 7) is 3.73. The van der Waals surface area contributed by atoms with Gasteiger partial charge in [0.15, 0.2) is 5.65 Å². The lowest BCUT2D eigenvalue weighted by Gasteiger charge is -2.28. The molecule has 6 nitrogen and oxygen atoms in total. The van der Waals surface area contributed by atoms with Gasteiger partial charge in [0, 0.05) is 49.7 Å². The predicted octanol–water partition coefficient (Wildman–Crippen LogP) is 3.01. The van der Waals surface area contributed by atoms with Crippen LogP contribution < -0.4 is 10.2 Å². The fourth-order valence-electron chi connectivity index (χ4n) is 3.56. The molecular formula is C21H19FN6.